The third-order valence-electron chi connectivity index (χ3n) is 6.19. The Morgan fingerprint density at radius 1 is 1.08 bits per heavy atom. The van der Waals surface area contributed by atoms with Gasteiger partial charge in [-0.1, -0.05) is 86.6 Å². The van der Waals surface area contributed by atoms with Crippen molar-refractivity contribution in [2.24, 2.45) is 11.1 Å². The highest BCUT2D eigenvalue weighted by Crippen LogP contribution is 2.39. The fraction of sp³-hybridized carbons (Fsp3) is 0.357. The van der Waals surface area contributed by atoms with E-state index in [1.807, 2.05) is 75.5 Å². The fourth-order valence-corrected chi connectivity index (χ4v) is 4.48. The minimum atomic E-state index is -1.38. The number of aromatic nitrogens is 5. The summed E-state index contributed by atoms with van der Waals surface area (Å²) >= 11 is 0. The first kappa shape index (κ1) is 26.2. The third-order valence-corrected chi connectivity index (χ3v) is 6.19. The zero-order valence-corrected chi connectivity index (χ0v) is 21.5. The number of nitrogens with two attached hydrogens (primary N) is 1. The molecule has 2 atom stereocenters. The predicted molar refractivity (Wildman–Crippen MR) is 141 cm³/mol. The molecule has 2 aromatic heterocycles. The molecule has 0 aliphatic carbocycles. The Labute approximate surface area is 216 Å². The Morgan fingerprint density at radius 2 is 1.76 bits per heavy atom. The molecule has 0 saturated heterocycles. The molecule has 2 N–H and O–H groups in total. The summed E-state index contributed by atoms with van der Waals surface area (Å²) in [5.41, 5.74) is 8.04. The number of rotatable bonds is 10. The lowest BCUT2D eigenvalue weighted by Gasteiger charge is -2.40. The summed E-state index contributed by atoms with van der Waals surface area (Å²) in [5, 5.41) is 7.72. The summed E-state index contributed by atoms with van der Waals surface area (Å²) in [4.78, 5) is 20.3. The SMILES string of the molecule is CC(C)(C)[C@H](c1nc(-c2ccccc2)cn1Cc1ccccc1)N(C[C@@H](F)CN)C(=O)Cn1ccnn1. The summed E-state index contributed by atoms with van der Waals surface area (Å²) < 4.78 is 18.3. The number of nitrogens with zero attached hydrogens (tertiary/aromatic N) is 6. The smallest absolute Gasteiger partial charge is 0.245 e. The van der Waals surface area contributed by atoms with E-state index in [0.717, 1.165) is 16.8 Å². The molecule has 0 bridgehead atoms. The van der Waals surface area contributed by atoms with Crippen molar-refractivity contribution in [2.75, 3.05) is 13.1 Å². The molecule has 2 heterocycles. The second kappa shape index (κ2) is 11.5. The van der Waals surface area contributed by atoms with Gasteiger partial charge in [-0.05, 0) is 11.0 Å². The maximum absolute atomic E-state index is 14.8. The van der Waals surface area contributed by atoms with Gasteiger partial charge in [0.2, 0.25) is 5.91 Å². The number of carbonyl (C=O) groups is 1. The molecule has 0 saturated carbocycles. The maximum Gasteiger partial charge on any atom is 0.245 e. The van der Waals surface area contributed by atoms with E-state index in [0.29, 0.717) is 12.4 Å². The highest BCUT2D eigenvalue weighted by molar-refractivity contribution is 5.76. The van der Waals surface area contributed by atoms with Gasteiger partial charge in [0.05, 0.1) is 24.5 Å². The molecule has 9 heteroatoms. The van der Waals surface area contributed by atoms with Gasteiger partial charge < -0.3 is 15.2 Å². The van der Waals surface area contributed by atoms with Crippen molar-refractivity contribution < 1.29 is 9.18 Å². The van der Waals surface area contributed by atoms with Crippen molar-refractivity contribution in [3.8, 4) is 11.3 Å². The number of halogens is 1. The van der Waals surface area contributed by atoms with Crippen LogP contribution in [0.5, 0.6) is 0 Å². The Morgan fingerprint density at radius 3 is 2.35 bits per heavy atom. The number of benzene rings is 2. The van der Waals surface area contributed by atoms with Gasteiger partial charge in [-0.3, -0.25) is 4.79 Å². The number of hydrogen-bond donors (Lipinski definition) is 1. The van der Waals surface area contributed by atoms with E-state index in [9.17, 15) is 9.18 Å². The highest BCUT2D eigenvalue weighted by atomic mass is 19.1. The largest absolute Gasteiger partial charge is 0.328 e. The van der Waals surface area contributed by atoms with E-state index in [-0.39, 0.29) is 25.5 Å². The molecule has 0 spiro atoms. The predicted octanol–water partition coefficient (Wildman–Crippen LogP) is 4.10. The van der Waals surface area contributed by atoms with Gasteiger partial charge in [0.1, 0.15) is 18.5 Å². The molecule has 0 fully saturated rings. The lowest BCUT2D eigenvalue weighted by molar-refractivity contribution is -0.138. The van der Waals surface area contributed by atoms with E-state index >= 15 is 0 Å². The number of hydrogen-bond acceptors (Lipinski definition) is 5. The van der Waals surface area contributed by atoms with Crippen molar-refractivity contribution in [3.05, 3.63) is 90.6 Å². The Bertz CT molecular complexity index is 1270. The first-order valence-corrected chi connectivity index (χ1v) is 12.4. The zero-order valence-electron chi connectivity index (χ0n) is 21.5. The van der Waals surface area contributed by atoms with Crippen LogP contribution in [0.15, 0.2) is 79.3 Å². The number of imidazole rings is 1. The molecule has 4 rings (SSSR count). The highest BCUT2D eigenvalue weighted by Gasteiger charge is 2.39. The van der Waals surface area contributed by atoms with Gasteiger partial charge in [0.25, 0.3) is 0 Å². The molecule has 0 radical (unpaired) electrons. The zero-order chi connectivity index (χ0) is 26.4. The van der Waals surface area contributed by atoms with Gasteiger partial charge in [-0.15, -0.1) is 5.10 Å². The van der Waals surface area contributed by atoms with Crippen molar-refractivity contribution in [2.45, 2.75) is 46.1 Å². The van der Waals surface area contributed by atoms with Gasteiger partial charge in [-0.25, -0.2) is 14.1 Å². The van der Waals surface area contributed by atoms with E-state index in [2.05, 4.69) is 27.0 Å². The van der Waals surface area contributed by atoms with Crippen LogP contribution in [0.1, 0.15) is 38.2 Å². The first-order chi connectivity index (χ1) is 17.8. The lowest BCUT2D eigenvalue weighted by atomic mass is 9.84. The van der Waals surface area contributed by atoms with E-state index in [1.54, 1.807) is 11.1 Å². The van der Waals surface area contributed by atoms with Crippen molar-refractivity contribution in [1.29, 1.82) is 0 Å². The molecule has 1 amide bonds. The second-order valence-electron chi connectivity index (χ2n) is 10.2. The van der Waals surface area contributed by atoms with Crippen LogP contribution >= 0.6 is 0 Å². The van der Waals surface area contributed by atoms with Crippen LogP contribution in [-0.4, -0.2) is 54.6 Å². The summed E-state index contributed by atoms with van der Waals surface area (Å²) in [7, 11) is 0. The Balaban J connectivity index is 1.83. The Hall–Kier alpha value is -3.85. The molecule has 0 aliphatic heterocycles. The average Bonchev–Trinajstić information content (AvgIpc) is 3.54. The molecule has 37 heavy (non-hydrogen) atoms. The average molecular weight is 504 g/mol. The Kier molecular flexibility index (Phi) is 8.13. The quantitative estimate of drug-likeness (QED) is 0.352. The van der Waals surface area contributed by atoms with Crippen LogP contribution in [0, 0.1) is 5.41 Å². The molecule has 4 aromatic rings. The fourth-order valence-electron chi connectivity index (χ4n) is 4.48. The van der Waals surface area contributed by atoms with Crippen molar-refractivity contribution >= 4 is 5.91 Å². The number of alkyl halides is 1. The standard InChI is InChI=1S/C28H34FN7O/c1-28(2,3)26(36(18-23(29)16-30)25(37)20-35-15-14-31-33-35)27-32-24(22-12-8-5-9-13-22)19-34(27)17-21-10-6-4-7-11-21/h4-15,19,23,26H,16-18,20,30H2,1-3H3/t23-,26-/m0/s1. The minimum Gasteiger partial charge on any atom is -0.328 e. The molecular weight excluding hydrogens is 469 g/mol. The van der Waals surface area contributed by atoms with Gasteiger partial charge in [0.15, 0.2) is 0 Å². The van der Waals surface area contributed by atoms with E-state index < -0.39 is 17.6 Å². The lowest BCUT2D eigenvalue weighted by Crippen LogP contribution is -2.47. The third kappa shape index (κ3) is 6.48. The monoisotopic (exact) mass is 503 g/mol. The summed E-state index contributed by atoms with van der Waals surface area (Å²) in [6.07, 6.45) is 3.75. The summed E-state index contributed by atoms with van der Waals surface area (Å²) in [6, 6.07) is 19.4. The van der Waals surface area contributed by atoms with Crippen LogP contribution in [0.3, 0.4) is 0 Å². The van der Waals surface area contributed by atoms with Crippen LogP contribution in [0.25, 0.3) is 11.3 Å². The molecule has 8 nitrogen and oxygen atoms in total. The van der Waals surface area contributed by atoms with Gasteiger partial charge in [0, 0.05) is 31.0 Å². The molecule has 0 unspecified atom stereocenters. The number of amides is 1. The van der Waals surface area contributed by atoms with Crippen LogP contribution in [0.2, 0.25) is 0 Å². The maximum atomic E-state index is 14.8. The summed E-state index contributed by atoms with van der Waals surface area (Å²) in [6.45, 7) is 6.27. The topological polar surface area (TPSA) is 94.9 Å². The normalized spacial score (nSPS) is 13.3. The molecule has 2 aromatic carbocycles. The van der Waals surface area contributed by atoms with E-state index in [1.165, 1.54) is 10.9 Å². The van der Waals surface area contributed by atoms with Gasteiger partial charge >= 0.3 is 0 Å². The number of carbonyl (C=O) groups excluding carboxylic acids is 1. The van der Waals surface area contributed by atoms with Crippen molar-refractivity contribution in [1.82, 2.24) is 29.4 Å². The van der Waals surface area contributed by atoms with E-state index in [4.69, 9.17) is 10.7 Å². The molecule has 194 valence electrons. The second-order valence-corrected chi connectivity index (χ2v) is 10.2. The van der Waals surface area contributed by atoms with Crippen LogP contribution < -0.4 is 5.73 Å². The van der Waals surface area contributed by atoms with Crippen LogP contribution in [-0.2, 0) is 17.9 Å². The summed E-state index contributed by atoms with van der Waals surface area (Å²) in [5.74, 6) is 0.406. The molecule has 0 aliphatic rings. The van der Waals surface area contributed by atoms with Crippen LogP contribution in [0.4, 0.5) is 4.39 Å². The first-order valence-electron chi connectivity index (χ1n) is 12.4. The minimum absolute atomic E-state index is 0.0607. The van der Waals surface area contributed by atoms with Gasteiger partial charge in [-0.2, -0.15) is 0 Å². The van der Waals surface area contributed by atoms with Crippen molar-refractivity contribution in [3.63, 3.8) is 0 Å². The molecular formula is C28H34FN7O.